The Morgan fingerprint density at radius 2 is 2.00 bits per heavy atom. The molecule has 5 heteroatoms. The zero-order valence-corrected chi connectivity index (χ0v) is 9.45. The molecule has 0 aliphatic heterocycles. The Kier molecular flexibility index (Phi) is 6.70. The Morgan fingerprint density at radius 1 is 1.40 bits per heavy atom. The molecule has 0 saturated carbocycles. The molecule has 2 atom stereocenters. The molecule has 5 nitrogen and oxygen atoms in total. The van der Waals surface area contributed by atoms with Crippen molar-refractivity contribution in [2.45, 2.75) is 45.8 Å². The Bertz CT molecular complexity index is 217. The Morgan fingerprint density at radius 3 is 2.47 bits per heavy atom. The highest BCUT2D eigenvalue weighted by Gasteiger charge is 2.18. The zero-order chi connectivity index (χ0) is 11.8. The molecule has 0 fully saturated rings. The van der Waals surface area contributed by atoms with E-state index in [-0.39, 0.29) is 5.91 Å². The van der Waals surface area contributed by atoms with Gasteiger partial charge in [0.25, 0.3) is 0 Å². The van der Waals surface area contributed by atoms with Gasteiger partial charge in [-0.15, -0.1) is 0 Å². The monoisotopic (exact) mass is 217 g/mol. The summed E-state index contributed by atoms with van der Waals surface area (Å²) >= 11 is 0. The van der Waals surface area contributed by atoms with Gasteiger partial charge in [-0.2, -0.15) is 0 Å². The minimum Gasteiger partial charge on any atom is -0.480 e. The molecule has 0 aliphatic rings. The predicted molar refractivity (Wildman–Crippen MR) is 55.6 cm³/mol. The van der Waals surface area contributed by atoms with Gasteiger partial charge in [0.15, 0.2) is 0 Å². The summed E-state index contributed by atoms with van der Waals surface area (Å²) in [5.74, 6) is -1.44. The molecule has 15 heavy (non-hydrogen) atoms. The minimum absolute atomic E-state index is 0.388. The summed E-state index contributed by atoms with van der Waals surface area (Å²) in [4.78, 5) is 21.8. The maximum absolute atomic E-state index is 11.4. The van der Waals surface area contributed by atoms with Gasteiger partial charge in [-0.05, 0) is 20.3 Å². The summed E-state index contributed by atoms with van der Waals surface area (Å²) in [6, 6.07) is -0.880. The fourth-order valence-electron chi connectivity index (χ4n) is 0.873. The van der Waals surface area contributed by atoms with Gasteiger partial charge >= 0.3 is 5.97 Å². The first-order chi connectivity index (χ1) is 6.99. The van der Waals surface area contributed by atoms with Crippen molar-refractivity contribution in [2.24, 2.45) is 0 Å². The van der Waals surface area contributed by atoms with Gasteiger partial charge in [0.2, 0.25) is 5.91 Å². The van der Waals surface area contributed by atoms with Gasteiger partial charge in [-0.1, -0.05) is 13.3 Å². The van der Waals surface area contributed by atoms with E-state index in [1.807, 2.05) is 6.92 Å². The molecule has 0 aromatic carbocycles. The first-order valence-electron chi connectivity index (χ1n) is 5.13. The Labute approximate surface area is 89.8 Å². The van der Waals surface area contributed by atoms with Crippen LogP contribution in [0, 0.1) is 0 Å². The first kappa shape index (κ1) is 13.9. The lowest BCUT2D eigenvalue weighted by Crippen LogP contribution is -2.43. The van der Waals surface area contributed by atoms with Crippen molar-refractivity contribution >= 4 is 11.9 Å². The van der Waals surface area contributed by atoms with Crippen LogP contribution in [0.15, 0.2) is 0 Å². The maximum atomic E-state index is 11.4. The summed E-state index contributed by atoms with van der Waals surface area (Å²) in [6.07, 6.45) is 1.30. The molecule has 0 aliphatic carbocycles. The van der Waals surface area contributed by atoms with Crippen LogP contribution in [0.4, 0.5) is 0 Å². The molecule has 0 rings (SSSR count). The zero-order valence-electron chi connectivity index (χ0n) is 9.45. The number of carboxylic acid groups (broad SMARTS) is 1. The second-order valence-electron chi connectivity index (χ2n) is 3.44. The smallest absolute Gasteiger partial charge is 0.325 e. The number of hydrogen-bond donors (Lipinski definition) is 2. The van der Waals surface area contributed by atoms with Crippen molar-refractivity contribution < 1.29 is 19.4 Å². The molecule has 0 saturated heterocycles. The fraction of sp³-hybridized carbons (Fsp3) is 0.800. The Hall–Kier alpha value is -1.10. The number of hydrogen-bond acceptors (Lipinski definition) is 3. The van der Waals surface area contributed by atoms with Crippen molar-refractivity contribution in [3.63, 3.8) is 0 Å². The SMILES string of the molecule is CCCCOC(C)C(=O)N[C@H](C)C(=O)O. The van der Waals surface area contributed by atoms with E-state index in [9.17, 15) is 9.59 Å². The van der Waals surface area contributed by atoms with E-state index in [0.717, 1.165) is 12.8 Å². The molecule has 2 N–H and O–H groups in total. The molecule has 1 unspecified atom stereocenters. The predicted octanol–water partition coefficient (Wildman–Crippen LogP) is 0.781. The number of nitrogens with one attached hydrogen (secondary N) is 1. The van der Waals surface area contributed by atoms with Crippen molar-refractivity contribution in [1.29, 1.82) is 0 Å². The molecule has 0 bridgehead atoms. The van der Waals surface area contributed by atoms with E-state index < -0.39 is 18.1 Å². The highest BCUT2D eigenvalue weighted by Crippen LogP contribution is 1.96. The van der Waals surface area contributed by atoms with E-state index in [4.69, 9.17) is 9.84 Å². The van der Waals surface area contributed by atoms with E-state index >= 15 is 0 Å². The molecule has 0 heterocycles. The van der Waals surface area contributed by atoms with Gasteiger partial charge in [-0.3, -0.25) is 9.59 Å². The molecule has 0 aromatic rings. The highest BCUT2D eigenvalue weighted by atomic mass is 16.5. The molecule has 0 aromatic heterocycles. The van der Waals surface area contributed by atoms with Crippen LogP contribution in [-0.2, 0) is 14.3 Å². The molecular weight excluding hydrogens is 198 g/mol. The Balaban J connectivity index is 3.83. The maximum Gasteiger partial charge on any atom is 0.325 e. The largest absolute Gasteiger partial charge is 0.480 e. The third-order valence-electron chi connectivity index (χ3n) is 1.96. The molecule has 0 radical (unpaired) electrons. The normalized spacial score (nSPS) is 14.3. The van der Waals surface area contributed by atoms with E-state index in [2.05, 4.69) is 5.32 Å². The lowest BCUT2D eigenvalue weighted by molar-refractivity contribution is -0.143. The van der Waals surface area contributed by atoms with Crippen LogP contribution in [0.5, 0.6) is 0 Å². The molecule has 1 amide bonds. The third kappa shape index (κ3) is 6.06. The van der Waals surface area contributed by atoms with Crippen molar-refractivity contribution in [3.05, 3.63) is 0 Å². The highest BCUT2D eigenvalue weighted by molar-refractivity contribution is 5.85. The lowest BCUT2D eigenvalue weighted by Gasteiger charge is -2.15. The van der Waals surface area contributed by atoms with Crippen LogP contribution >= 0.6 is 0 Å². The summed E-state index contributed by atoms with van der Waals surface area (Å²) < 4.78 is 5.22. The number of amides is 1. The summed E-state index contributed by atoms with van der Waals surface area (Å²) in [5.41, 5.74) is 0. The van der Waals surface area contributed by atoms with Crippen LogP contribution in [0.1, 0.15) is 33.6 Å². The molecular formula is C10H19NO4. The number of carboxylic acids is 1. The van der Waals surface area contributed by atoms with Crippen molar-refractivity contribution in [1.82, 2.24) is 5.32 Å². The van der Waals surface area contributed by atoms with Crippen LogP contribution in [0.2, 0.25) is 0 Å². The average Bonchev–Trinajstić information content (AvgIpc) is 2.17. The summed E-state index contributed by atoms with van der Waals surface area (Å²) in [7, 11) is 0. The van der Waals surface area contributed by atoms with Crippen LogP contribution in [0.3, 0.4) is 0 Å². The van der Waals surface area contributed by atoms with Gasteiger partial charge in [-0.25, -0.2) is 0 Å². The second-order valence-corrected chi connectivity index (χ2v) is 3.44. The standard InChI is InChI=1S/C10H19NO4/c1-4-5-6-15-8(3)9(12)11-7(2)10(13)14/h7-8H,4-6H2,1-3H3,(H,11,12)(H,13,14)/t7-,8?/m1/s1. The topological polar surface area (TPSA) is 75.6 Å². The van der Waals surface area contributed by atoms with Crippen molar-refractivity contribution in [2.75, 3.05) is 6.61 Å². The number of carbonyl (C=O) groups is 2. The quantitative estimate of drug-likeness (QED) is 0.618. The number of unbranched alkanes of at least 4 members (excludes halogenated alkanes) is 1. The summed E-state index contributed by atoms with van der Waals surface area (Å²) in [6.45, 7) is 5.58. The van der Waals surface area contributed by atoms with Crippen LogP contribution < -0.4 is 5.32 Å². The van der Waals surface area contributed by atoms with Crippen molar-refractivity contribution in [3.8, 4) is 0 Å². The van der Waals surface area contributed by atoms with Gasteiger partial charge in [0.05, 0.1) is 0 Å². The average molecular weight is 217 g/mol. The second kappa shape index (κ2) is 7.23. The molecule has 0 spiro atoms. The van der Waals surface area contributed by atoms with E-state index in [1.54, 1.807) is 6.92 Å². The van der Waals surface area contributed by atoms with Gasteiger partial charge < -0.3 is 15.2 Å². The fourth-order valence-corrected chi connectivity index (χ4v) is 0.873. The summed E-state index contributed by atoms with van der Waals surface area (Å²) in [5, 5.41) is 10.9. The van der Waals surface area contributed by atoms with E-state index in [0.29, 0.717) is 6.61 Å². The number of carbonyl (C=O) groups excluding carboxylic acids is 1. The van der Waals surface area contributed by atoms with E-state index in [1.165, 1.54) is 6.92 Å². The number of ether oxygens (including phenoxy) is 1. The third-order valence-corrected chi connectivity index (χ3v) is 1.96. The lowest BCUT2D eigenvalue weighted by atomic mass is 10.3. The molecule has 88 valence electrons. The first-order valence-corrected chi connectivity index (χ1v) is 5.13. The minimum atomic E-state index is -1.05. The number of aliphatic carboxylic acids is 1. The van der Waals surface area contributed by atoms with Gasteiger partial charge in [0, 0.05) is 6.61 Å². The van der Waals surface area contributed by atoms with Gasteiger partial charge in [0.1, 0.15) is 12.1 Å². The van der Waals surface area contributed by atoms with Crippen LogP contribution in [0.25, 0.3) is 0 Å². The van der Waals surface area contributed by atoms with Crippen LogP contribution in [-0.4, -0.2) is 35.7 Å². The number of rotatable bonds is 7.